The summed E-state index contributed by atoms with van der Waals surface area (Å²) in [7, 11) is 0. The number of fused-ring (bicyclic) bond motifs is 3. The van der Waals surface area contributed by atoms with Gasteiger partial charge in [0.05, 0.1) is 24.4 Å². The Morgan fingerprint density at radius 3 is 2.88 bits per heavy atom. The number of nitrogens with two attached hydrogens (primary N) is 1. The van der Waals surface area contributed by atoms with E-state index < -0.39 is 0 Å². The molecule has 1 saturated heterocycles. The number of aromatic nitrogens is 2. The van der Waals surface area contributed by atoms with Crippen LogP contribution >= 0.6 is 23.1 Å². The van der Waals surface area contributed by atoms with Gasteiger partial charge in [-0.05, 0) is 41.9 Å². The molecule has 1 unspecified atom stereocenters. The minimum absolute atomic E-state index is 0.0345. The lowest BCUT2D eigenvalue weighted by Crippen LogP contribution is -2.36. The number of nitrogens with zero attached hydrogens (tertiary/aromatic N) is 3. The number of hydrogen-bond donors (Lipinski definition) is 2. The first-order valence-corrected chi connectivity index (χ1v) is 13.7. The molecule has 3 N–H and O–H groups in total. The summed E-state index contributed by atoms with van der Waals surface area (Å²) in [6.45, 7) is 7.12. The molecule has 1 atom stereocenters. The number of nitrogen functional groups attached to an aromatic ring is 1. The molecule has 0 saturated carbocycles. The Morgan fingerprint density at radius 2 is 2.06 bits per heavy atom. The highest BCUT2D eigenvalue weighted by molar-refractivity contribution is 7.99. The molecule has 2 aliphatic rings. The largest absolute Gasteiger partial charge is 0.383 e. The van der Waals surface area contributed by atoms with Gasteiger partial charge in [-0.2, -0.15) is 0 Å². The number of nitrogens with one attached hydrogen (secondary N) is 1. The van der Waals surface area contributed by atoms with Gasteiger partial charge in [-0.15, -0.1) is 11.3 Å². The van der Waals surface area contributed by atoms with Crippen LogP contribution in [0.25, 0.3) is 10.2 Å². The number of carbonyl (C=O) groups is 1. The molecule has 3 heterocycles. The Balaban J connectivity index is 1.19. The summed E-state index contributed by atoms with van der Waals surface area (Å²) in [6, 6.07) is 8.30. The average Bonchev–Trinajstić information content (AvgIpc) is 3.20. The van der Waals surface area contributed by atoms with Crippen molar-refractivity contribution in [2.45, 2.75) is 44.4 Å². The summed E-state index contributed by atoms with van der Waals surface area (Å²) in [6.07, 6.45) is 3.32. The molecule has 180 valence electrons. The van der Waals surface area contributed by atoms with Crippen LogP contribution in [-0.4, -0.2) is 52.8 Å². The average molecular weight is 498 g/mol. The molecule has 5 rings (SSSR count). The highest BCUT2D eigenvalue weighted by Crippen LogP contribution is 2.39. The molecule has 1 aliphatic carbocycles. The number of anilines is 1. The molecular weight excluding hydrogens is 466 g/mol. The number of ether oxygens (including phenoxy) is 1. The maximum absolute atomic E-state index is 12.6. The van der Waals surface area contributed by atoms with E-state index in [1.165, 1.54) is 34.2 Å². The highest BCUT2D eigenvalue weighted by Gasteiger charge is 2.23. The molecule has 1 aliphatic heterocycles. The van der Waals surface area contributed by atoms with E-state index in [9.17, 15) is 4.79 Å². The molecule has 1 amide bonds. The maximum Gasteiger partial charge on any atom is 0.230 e. The first-order chi connectivity index (χ1) is 16.6. The maximum atomic E-state index is 12.6. The zero-order valence-electron chi connectivity index (χ0n) is 19.5. The van der Waals surface area contributed by atoms with Crippen LogP contribution in [0.1, 0.15) is 34.9 Å². The molecule has 0 bridgehead atoms. The summed E-state index contributed by atoms with van der Waals surface area (Å²) in [5, 5.41) is 4.65. The number of thiophene rings is 1. The van der Waals surface area contributed by atoms with Gasteiger partial charge in [0, 0.05) is 31.1 Å². The number of benzene rings is 1. The zero-order valence-corrected chi connectivity index (χ0v) is 21.1. The van der Waals surface area contributed by atoms with Crippen molar-refractivity contribution in [2.75, 3.05) is 37.8 Å². The van der Waals surface area contributed by atoms with Crippen molar-refractivity contribution < 1.29 is 9.53 Å². The molecule has 2 aromatic heterocycles. The van der Waals surface area contributed by atoms with Crippen LogP contribution < -0.4 is 11.1 Å². The summed E-state index contributed by atoms with van der Waals surface area (Å²) in [4.78, 5) is 26.6. The Kier molecular flexibility index (Phi) is 7.34. The summed E-state index contributed by atoms with van der Waals surface area (Å²) in [5.41, 5.74) is 10.0. The van der Waals surface area contributed by atoms with Crippen LogP contribution in [0.2, 0.25) is 0 Å². The van der Waals surface area contributed by atoms with E-state index in [0.29, 0.717) is 23.4 Å². The van der Waals surface area contributed by atoms with Crippen LogP contribution in [0, 0.1) is 5.92 Å². The number of amides is 1. The lowest BCUT2D eigenvalue weighted by atomic mass is 9.89. The van der Waals surface area contributed by atoms with E-state index in [0.717, 1.165) is 61.5 Å². The number of thioether (sulfide) groups is 1. The molecule has 0 radical (unpaired) electrons. The van der Waals surface area contributed by atoms with Gasteiger partial charge in [-0.3, -0.25) is 9.69 Å². The Morgan fingerprint density at radius 1 is 1.26 bits per heavy atom. The summed E-state index contributed by atoms with van der Waals surface area (Å²) in [5.74, 6) is 1.47. The van der Waals surface area contributed by atoms with Crippen molar-refractivity contribution in [3.63, 3.8) is 0 Å². The van der Waals surface area contributed by atoms with Crippen molar-refractivity contribution in [3.8, 4) is 0 Å². The van der Waals surface area contributed by atoms with Gasteiger partial charge >= 0.3 is 0 Å². The quantitative estimate of drug-likeness (QED) is 0.380. The van der Waals surface area contributed by atoms with Gasteiger partial charge in [0.1, 0.15) is 10.6 Å². The molecular formula is C25H31N5O2S2. The van der Waals surface area contributed by atoms with E-state index in [2.05, 4.69) is 40.3 Å². The second kappa shape index (κ2) is 10.6. The van der Waals surface area contributed by atoms with E-state index in [1.54, 1.807) is 11.3 Å². The molecule has 3 aromatic rings. The number of rotatable bonds is 7. The fourth-order valence-corrected chi connectivity index (χ4v) is 6.80. The normalized spacial score (nSPS) is 18.7. The second-order valence-electron chi connectivity index (χ2n) is 9.15. The lowest BCUT2D eigenvalue weighted by Gasteiger charge is -2.27. The van der Waals surface area contributed by atoms with Crippen LogP contribution in [0.3, 0.4) is 0 Å². The second-order valence-corrected chi connectivity index (χ2v) is 11.2. The van der Waals surface area contributed by atoms with Crippen LogP contribution in [0.4, 0.5) is 5.82 Å². The van der Waals surface area contributed by atoms with Crippen molar-refractivity contribution in [1.29, 1.82) is 0 Å². The van der Waals surface area contributed by atoms with E-state index >= 15 is 0 Å². The monoisotopic (exact) mass is 497 g/mol. The third kappa shape index (κ3) is 5.38. The van der Waals surface area contributed by atoms with Crippen molar-refractivity contribution >= 4 is 45.0 Å². The predicted molar refractivity (Wildman–Crippen MR) is 138 cm³/mol. The predicted octanol–water partition coefficient (Wildman–Crippen LogP) is 3.64. The van der Waals surface area contributed by atoms with Crippen molar-refractivity contribution in [3.05, 3.63) is 45.8 Å². The van der Waals surface area contributed by atoms with Gasteiger partial charge < -0.3 is 15.8 Å². The van der Waals surface area contributed by atoms with Crippen LogP contribution in [-0.2, 0) is 35.5 Å². The zero-order chi connectivity index (χ0) is 23.5. The lowest BCUT2D eigenvalue weighted by molar-refractivity contribution is -0.118. The minimum atomic E-state index is -0.0345. The number of hydrogen-bond acceptors (Lipinski definition) is 8. The topological polar surface area (TPSA) is 93.4 Å². The first-order valence-electron chi connectivity index (χ1n) is 11.9. The minimum Gasteiger partial charge on any atom is -0.383 e. The highest BCUT2D eigenvalue weighted by atomic mass is 32.2. The van der Waals surface area contributed by atoms with Crippen LogP contribution in [0.15, 0.2) is 29.4 Å². The van der Waals surface area contributed by atoms with E-state index in [-0.39, 0.29) is 11.7 Å². The fourth-order valence-electron chi connectivity index (χ4n) is 4.67. The van der Waals surface area contributed by atoms with Crippen molar-refractivity contribution in [2.24, 2.45) is 5.92 Å². The van der Waals surface area contributed by atoms with Crippen LogP contribution in [0.5, 0.6) is 0 Å². The standard InChI is InChI=1S/C25H31N5O2S2/c1-16-6-7-19-20(12-16)34-24-22(19)23(26)28-25(29-24)33-15-21(31)27-13-17-4-2-3-5-18(17)14-30-8-10-32-11-9-30/h2-5,16H,6-15H2,1H3,(H,27,31)(H2,26,28,29). The molecule has 34 heavy (non-hydrogen) atoms. The van der Waals surface area contributed by atoms with Gasteiger partial charge in [0.15, 0.2) is 5.16 Å². The SMILES string of the molecule is CC1CCc2c(sc3nc(SCC(=O)NCc4ccccc4CN4CCOCC4)nc(N)c23)C1. The van der Waals surface area contributed by atoms with E-state index in [4.69, 9.17) is 15.5 Å². The fraction of sp³-hybridized carbons (Fsp3) is 0.480. The Hall–Kier alpha value is -2.20. The van der Waals surface area contributed by atoms with E-state index in [1.807, 2.05) is 6.07 Å². The molecule has 1 fully saturated rings. The third-order valence-corrected chi connectivity index (χ3v) is 8.58. The molecule has 9 heteroatoms. The number of aryl methyl sites for hydroxylation is 1. The van der Waals surface area contributed by atoms with Gasteiger partial charge in [0.2, 0.25) is 5.91 Å². The first kappa shape index (κ1) is 23.5. The molecule has 1 aromatic carbocycles. The van der Waals surface area contributed by atoms with Gasteiger partial charge in [-0.25, -0.2) is 9.97 Å². The smallest absolute Gasteiger partial charge is 0.230 e. The Labute approximate surface area is 208 Å². The number of morpholine rings is 1. The summed E-state index contributed by atoms with van der Waals surface area (Å²) >= 11 is 3.07. The van der Waals surface area contributed by atoms with Crippen molar-refractivity contribution in [1.82, 2.24) is 20.2 Å². The summed E-state index contributed by atoms with van der Waals surface area (Å²) < 4.78 is 5.45. The van der Waals surface area contributed by atoms with Gasteiger partial charge in [0.25, 0.3) is 0 Å². The molecule has 0 spiro atoms. The number of carbonyl (C=O) groups excluding carboxylic acids is 1. The van der Waals surface area contributed by atoms with Gasteiger partial charge in [-0.1, -0.05) is 43.0 Å². The molecule has 7 nitrogen and oxygen atoms in total. The Bertz CT molecular complexity index is 1180. The third-order valence-electron chi connectivity index (χ3n) is 6.59.